The van der Waals surface area contributed by atoms with Crippen LogP contribution in [0.5, 0.6) is 5.75 Å². The number of carbonyl (C=O) groups is 2. The van der Waals surface area contributed by atoms with Gasteiger partial charge in [0.1, 0.15) is 5.75 Å². The number of benzene rings is 1. The van der Waals surface area contributed by atoms with Crippen LogP contribution in [-0.2, 0) is 16.0 Å². The number of halogens is 1. The SMILES string of the molecule is CCc1ccccc1OC(C)C(=O)N1CCN(C(=O)CCNC)CC1.Cl. The number of ether oxygens (including phenoxy) is 1. The zero-order valence-corrected chi connectivity index (χ0v) is 16.7. The molecule has 146 valence electrons. The Labute approximate surface area is 162 Å². The Hall–Kier alpha value is -1.79. The average molecular weight is 384 g/mol. The van der Waals surface area contributed by atoms with Gasteiger partial charge in [-0.15, -0.1) is 12.4 Å². The number of hydrogen-bond donors (Lipinski definition) is 1. The summed E-state index contributed by atoms with van der Waals surface area (Å²) in [6.45, 7) is 6.84. The number of nitrogens with one attached hydrogen (secondary N) is 1. The fraction of sp³-hybridized carbons (Fsp3) is 0.579. The molecule has 6 nitrogen and oxygen atoms in total. The molecule has 0 spiro atoms. The lowest BCUT2D eigenvalue weighted by atomic mass is 10.1. The molecule has 1 aromatic carbocycles. The summed E-state index contributed by atoms with van der Waals surface area (Å²) in [6.07, 6.45) is 0.835. The van der Waals surface area contributed by atoms with Crippen molar-refractivity contribution >= 4 is 24.2 Å². The number of para-hydroxylation sites is 1. The first kappa shape index (κ1) is 22.3. The van der Waals surface area contributed by atoms with Crippen LogP contribution in [0.1, 0.15) is 25.8 Å². The van der Waals surface area contributed by atoms with E-state index in [1.54, 1.807) is 11.8 Å². The van der Waals surface area contributed by atoms with Crippen molar-refractivity contribution in [3.8, 4) is 5.75 Å². The van der Waals surface area contributed by atoms with Crippen molar-refractivity contribution < 1.29 is 14.3 Å². The minimum Gasteiger partial charge on any atom is -0.481 e. The standard InChI is InChI=1S/C19H29N3O3.ClH/c1-4-16-7-5-6-8-17(16)25-15(2)19(24)22-13-11-21(12-14-22)18(23)9-10-20-3;/h5-8,15,20H,4,9-14H2,1-3H3;1H. The molecule has 0 radical (unpaired) electrons. The summed E-state index contributed by atoms with van der Waals surface area (Å²) < 4.78 is 5.90. The highest BCUT2D eigenvalue weighted by Gasteiger charge is 2.27. The van der Waals surface area contributed by atoms with Gasteiger partial charge in [0.25, 0.3) is 5.91 Å². The van der Waals surface area contributed by atoms with Crippen molar-refractivity contribution in [1.82, 2.24) is 15.1 Å². The van der Waals surface area contributed by atoms with Crippen molar-refractivity contribution in [3.05, 3.63) is 29.8 Å². The van der Waals surface area contributed by atoms with E-state index in [2.05, 4.69) is 12.2 Å². The number of piperazine rings is 1. The zero-order chi connectivity index (χ0) is 18.2. The lowest BCUT2D eigenvalue weighted by Gasteiger charge is -2.36. The van der Waals surface area contributed by atoms with Crippen LogP contribution in [-0.4, -0.2) is 67.5 Å². The molecule has 2 rings (SSSR count). The third-order valence-electron chi connectivity index (χ3n) is 4.54. The first-order chi connectivity index (χ1) is 12.1. The molecule has 1 aromatic rings. The van der Waals surface area contributed by atoms with Crippen LogP contribution in [0, 0.1) is 0 Å². The van der Waals surface area contributed by atoms with Crippen LogP contribution in [0.2, 0.25) is 0 Å². The quantitative estimate of drug-likeness (QED) is 0.778. The molecule has 1 aliphatic heterocycles. The Bertz CT molecular complexity index is 589. The Morgan fingerprint density at radius 3 is 2.38 bits per heavy atom. The van der Waals surface area contributed by atoms with Gasteiger partial charge in [0.2, 0.25) is 5.91 Å². The van der Waals surface area contributed by atoms with Gasteiger partial charge in [0.05, 0.1) is 0 Å². The molecule has 1 N–H and O–H groups in total. The molecule has 0 aliphatic carbocycles. The summed E-state index contributed by atoms with van der Waals surface area (Å²) in [5.41, 5.74) is 1.10. The molecule has 1 atom stereocenters. The summed E-state index contributed by atoms with van der Waals surface area (Å²) in [6, 6.07) is 7.81. The first-order valence-corrected chi connectivity index (χ1v) is 9.02. The summed E-state index contributed by atoms with van der Waals surface area (Å²) in [5, 5.41) is 2.98. The van der Waals surface area contributed by atoms with Crippen LogP contribution < -0.4 is 10.1 Å². The second kappa shape index (κ2) is 11.0. The molecule has 0 saturated carbocycles. The first-order valence-electron chi connectivity index (χ1n) is 9.02. The predicted octanol–water partition coefficient (Wildman–Crippen LogP) is 1.72. The summed E-state index contributed by atoms with van der Waals surface area (Å²) in [7, 11) is 1.84. The molecule has 1 heterocycles. The molecule has 2 amide bonds. The maximum absolute atomic E-state index is 12.6. The van der Waals surface area contributed by atoms with Crippen molar-refractivity contribution in [2.45, 2.75) is 32.8 Å². The highest BCUT2D eigenvalue weighted by molar-refractivity contribution is 5.85. The van der Waals surface area contributed by atoms with E-state index in [4.69, 9.17) is 4.74 Å². The van der Waals surface area contributed by atoms with Crippen LogP contribution >= 0.6 is 12.4 Å². The number of amides is 2. The number of nitrogens with zero attached hydrogens (tertiary/aromatic N) is 2. The third kappa shape index (κ3) is 5.88. The average Bonchev–Trinajstić information content (AvgIpc) is 2.66. The lowest BCUT2D eigenvalue weighted by molar-refractivity contribution is -0.143. The topological polar surface area (TPSA) is 61.9 Å². The third-order valence-corrected chi connectivity index (χ3v) is 4.54. The maximum atomic E-state index is 12.6. The molecule has 1 aliphatic rings. The van der Waals surface area contributed by atoms with Gasteiger partial charge >= 0.3 is 0 Å². The van der Waals surface area contributed by atoms with E-state index in [1.807, 2.05) is 36.2 Å². The van der Waals surface area contributed by atoms with E-state index in [9.17, 15) is 9.59 Å². The van der Waals surface area contributed by atoms with E-state index in [-0.39, 0.29) is 24.2 Å². The van der Waals surface area contributed by atoms with Gasteiger partial charge in [-0.1, -0.05) is 25.1 Å². The minimum atomic E-state index is -0.528. The van der Waals surface area contributed by atoms with E-state index in [1.165, 1.54) is 0 Å². The zero-order valence-electron chi connectivity index (χ0n) is 15.9. The van der Waals surface area contributed by atoms with Crippen molar-refractivity contribution in [2.75, 3.05) is 39.8 Å². The normalized spacial score (nSPS) is 15.2. The molecule has 0 aromatic heterocycles. The van der Waals surface area contributed by atoms with E-state index < -0.39 is 6.10 Å². The molecule has 26 heavy (non-hydrogen) atoms. The molecule has 1 saturated heterocycles. The number of carbonyl (C=O) groups excluding carboxylic acids is 2. The Morgan fingerprint density at radius 2 is 1.77 bits per heavy atom. The summed E-state index contributed by atoms with van der Waals surface area (Å²) in [5.74, 6) is 0.891. The van der Waals surface area contributed by atoms with Gasteiger partial charge in [-0.3, -0.25) is 9.59 Å². The Kier molecular flexibility index (Phi) is 9.44. The molecule has 1 fully saturated rings. The highest BCUT2D eigenvalue weighted by atomic mass is 35.5. The second-order valence-electron chi connectivity index (χ2n) is 6.28. The summed E-state index contributed by atoms with van der Waals surface area (Å²) in [4.78, 5) is 28.3. The van der Waals surface area contributed by atoms with E-state index >= 15 is 0 Å². The van der Waals surface area contributed by atoms with Gasteiger partial charge in [-0.05, 0) is 32.0 Å². The largest absolute Gasteiger partial charge is 0.481 e. The molecule has 7 heteroatoms. The fourth-order valence-corrected chi connectivity index (χ4v) is 2.98. The minimum absolute atomic E-state index is 0. The van der Waals surface area contributed by atoms with Gasteiger partial charge in [-0.25, -0.2) is 0 Å². The van der Waals surface area contributed by atoms with E-state index in [0.717, 1.165) is 17.7 Å². The van der Waals surface area contributed by atoms with Crippen LogP contribution in [0.25, 0.3) is 0 Å². The van der Waals surface area contributed by atoms with Crippen LogP contribution in [0.15, 0.2) is 24.3 Å². The lowest BCUT2D eigenvalue weighted by Crippen LogP contribution is -2.53. The highest BCUT2D eigenvalue weighted by Crippen LogP contribution is 2.20. The van der Waals surface area contributed by atoms with Gasteiger partial charge in [-0.2, -0.15) is 0 Å². The number of rotatable bonds is 7. The predicted molar refractivity (Wildman–Crippen MR) is 105 cm³/mol. The smallest absolute Gasteiger partial charge is 0.263 e. The summed E-state index contributed by atoms with van der Waals surface area (Å²) >= 11 is 0. The second-order valence-corrected chi connectivity index (χ2v) is 6.28. The van der Waals surface area contributed by atoms with Crippen molar-refractivity contribution in [1.29, 1.82) is 0 Å². The molecular weight excluding hydrogens is 354 g/mol. The van der Waals surface area contributed by atoms with Gasteiger partial charge in [0, 0.05) is 39.1 Å². The van der Waals surface area contributed by atoms with Crippen molar-refractivity contribution in [3.63, 3.8) is 0 Å². The number of hydrogen-bond acceptors (Lipinski definition) is 4. The Balaban J connectivity index is 0.00000338. The Morgan fingerprint density at radius 1 is 1.15 bits per heavy atom. The van der Waals surface area contributed by atoms with E-state index in [0.29, 0.717) is 39.1 Å². The fourth-order valence-electron chi connectivity index (χ4n) is 2.98. The molecule has 1 unspecified atom stereocenters. The monoisotopic (exact) mass is 383 g/mol. The maximum Gasteiger partial charge on any atom is 0.263 e. The van der Waals surface area contributed by atoms with Gasteiger partial charge in [0.15, 0.2) is 6.10 Å². The number of aryl methyl sites for hydroxylation is 1. The van der Waals surface area contributed by atoms with Gasteiger partial charge < -0.3 is 19.9 Å². The van der Waals surface area contributed by atoms with Crippen molar-refractivity contribution in [2.24, 2.45) is 0 Å². The molecular formula is C19H30ClN3O3. The van der Waals surface area contributed by atoms with Crippen LogP contribution in [0.4, 0.5) is 0 Å². The van der Waals surface area contributed by atoms with Crippen LogP contribution in [0.3, 0.4) is 0 Å². The molecule has 0 bridgehead atoms.